The molecule has 2 heterocycles. The zero-order valence-corrected chi connectivity index (χ0v) is 9.79. The van der Waals surface area contributed by atoms with Crippen LogP contribution in [0, 0.1) is 0 Å². The Morgan fingerprint density at radius 3 is 3.06 bits per heavy atom. The monoisotopic (exact) mass is 248 g/mol. The van der Waals surface area contributed by atoms with Crippen molar-refractivity contribution in [2.24, 2.45) is 0 Å². The smallest absolute Gasteiger partial charge is 0.330 e. The van der Waals surface area contributed by atoms with Gasteiger partial charge in [-0.25, -0.2) is 4.79 Å². The second kappa shape index (κ2) is 4.34. The van der Waals surface area contributed by atoms with E-state index in [0.29, 0.717) is 0 Å². The van der Waals surface area contributed by atoms with E-state index in [2.05, 4.69) is 4.74 Å². The summed E-state index contributed by atoms with van der Waals surface area (Å²) in [6, 6.07) is 5.70. The van der Waals surface area contributed by atoms with Crippen LogP contribution in [0.15, 0.2) is 30.4 Å². The zero-order valence-electron chi connectivity index (χ0n) is 9.79. The molecule has 0 aromatic heterocycles. The lowest BCUT2D eigenvalue weighted by Crippen LogP contribution is -1.95. The molecule has 0 saturated carbocycles. The van der Waals surface area contributed by atoms with Gasteiger partial charge in [-0.3, -0.25) is 0 Å². The standard InChI is InChI=1S/C13H12O5/c1-15-12(14)5-4-10-13(18-10)8-2-3-9-11(6-8)17-7-16-9/h2-6,10,13H,7H2,1H3/b5-4+. The Hall–Kier alpha value is -2.01. The molecule has 0 N–H and O–H groups in total. The van der Waals surface area contributed by atoms with Crippen molar-refractivity contribution >= 4 is 5.97 Å². The van der Waals surface area contributed by atoms with Crippen molar-refractivity contribution in [2.45, 2.75) is 12.2 Å². The Bertz CT molecular complexity index is 508. The van der Waals surface area contributed by atoms with E-state index in [9.17, 15) is 4.79 Å². The highest BCUT2D eigenvalue weighted by atomic mass is 16.7. The molecule has 1 saturated heterocycles. The van der Waals surface area contributed by atoms with E-state index in [4.69, 9.17) is 14.2 Å². The molecule has 3 rings (SSSR count). The van der Waals surface area contributed by atoms with Crippen LogP contribution in [0.2, 0.25) is 0 Å². The lowest BCUT2D eigenvalue weighted by molar-refractivity contribution is -0.134. The number of ether oxygens (including phenoxy) is 4. The summed E-state index contributed by atoms with van der Waals surface area (Å²) in [5, 5.41) is 0. The predicted molar refractivity (Wildman–Crippen MR) is 61.3 cm³/mol. The van der Waals surface area contributed by atoms with Gasteiger partial charge in [-0.15, -0.1) is 0 Å². The first-order valence-corrected chi connectivity index (χ1v) is 5.59. The van der Waals surface area contributed by atoms with Crippen LogP contribution in [0.25, 0.3) is 0 Å². The van der Waals surface area contributed by atoms with Crippen LogP contribution in [-0.2, 0) is 14.3 Å². The fourth-order valence-electron chi connectivity index (χ4n) is 1.87. The summed E-state index contributed by atoms with van der Waals surface area (Å²) in [5.74, 6) is 1.11. The molecule has 2 aliphatic heterocycles. The number of fused-ring (bicyclic) bond motifs is 1. The average molecular weight is 248 g/mol. The van der Waals surface area contributed by atoms with E-state index in [-0.39, 0.29) is 25.0 Å². The minimum absolute atomic E-state index is 0.0274. The van der Waals surface area contributed by atoms with Gasteiger partial charge in [-0.2, -0.15) is 0 Å². The van der Waals surface area contributed by atoms with Gasteiger partial charge in [0.2, 0.25) is 6.79 Å². The van der Waals surface area contributed by atoms with Crippen LogP contribution in [0.4, 0.5) is 0 Å². The van der Waals surface area contributed by atoms with Crippen molar-refractivity contribution < 1.29 is 23.7 Å². The Kier molecular flexibility index (Phi) is 2.68. The van der Waals surface area contributed by atoms with Crippen molar-refractivity contribution in [2.75, 3.05) is 13.9 Å². The number of hydrogen-bond acceptors (Lipinski definition) is 5. The topological polar surface area (TPSA) is 57.3 Å². The van der Waals surface area contributed by atoms with E-state index in [1.165, 1.54) is 13.2 Å². The largest absolute Gasteiger partial charge is 0.466 e. The molecule has 94 valence electrons. The summed E-state index contributed by atoms with van der Waals surface area (Å²) in [5.41, 5.74) is 1.01. The highest BCUT2D eigenvalue weighted by Crippen LogP contribution is 2.43. The van der Waals surface area contributed by atoms with Crippen LogP contribution in [0.1, 0.15) is 11.7 Å². The molecule has 2 unspecified atom stereocenters. The third-order valence-electron chi connectivity index (χ3n) is 2.87. The molecule has 1 aromatic rings. The van der Waals surface area contributed by atoms with Gasteiger partial charge >= 0.3 is 5.97 Å². The number of benzene rings is 1. The van der Waals surface area contributed by atoms with E-state index < -0.39 is 0 Å². The summed E-state index contributed by atoms with van der Waals surface area (Å²) < 4.78 is 20.5. The highest BCUT2D eigenvalue weighted by molar-refractivity contribution is 5.81. The summed E-state index contributed by atoms with van der Waals surface area (Å²) in [6.45, 7) is 0.260. The number of methoxy groups -OCH3 is 1. The third-order valence-corrected chi connectivity index (χ3v) is 2.87. The molecule has 0 amide bonds. The van der Waals surface area contributed by atoms with Crippen LogP contribution >= 0.6 is 0 Å². The van der Waals surface area contributed by atoms with E-state index in [1.807, 2.05) is 18.2 Å². The van der Waals surface area contributed by atoms with Crippen LogP contribution < -0.4 is 9.47 Å². The van der Waals surface area contributed by atoms with Gasteiger partial charge in [-0.05, 0) is 23.8 Å². The second-order valence-corrected chi connectivity index (χ2v) is 4.02. The fourth-order valence-corrected chi connectivity index (χ4v) is 1.87. The van der Waals surface area contributed by atoms with Crippen molar-refractivity contribution in [3.05, 3.63) is 35.9 Å². The molecule has 1 aromatic carbocycles. The summed E-state index contributed by atoms with van der Waals surface area (Å²) in [7, 11) is 1.34. The van der Waals surface area contributed by atoms with Crippen LogP contribution in [0.5, 0.6) is 11.5 Å². The number of epoxide rings is 1. The molecular formula is C13H12O5. The molecule has 18 heavy (non-hydrogen) atoms. The Balaban J connectivity index is 1.67. The predicted octanol–water partition coefficient (Wildman–Crippen LogP) is 1.58. The molecule has 0 bridgehead atoms. The number of hydrogen-bond donors (Lipinski definition) is 0. The fraction of sp³-hybridized carbons (Fsp3) is 0.308. The first-order valence-electron chi connectivity index (χ1n) is 5.59. The molecule has 0 aliphatic carbocycles. The number of esters is 1. The van der Waals surface area contributed by atoms with Gasteiger partial charge in [0.05, 0.1) is 7.11 Å². The molecule has 0 radical (unpaired) electrons. The summed E-state index contributed by atoms with van der Waals surface area (Å²) in [6.07, 6.45) is 2.96. The van der Waals surface area contributed by atoms with Crippen molar-refractivity contribution in [1.82, 2.24) is 0 Å². The summed E-state index contributed by atoms with van der Waals surface area (Å²) in [4.78, 5) is 10.9. The van der Waals surface area contributed by atoms with Gasteiger partial charge < -0.3 is 18.9 Å². The van der Waals surface area contributed by atoms with Crippen LogP contribution in [0.3, 0.4) is 0 Å². The Morgan fingerprint density at radius 1 is 1.39 bits per heavy atom. The molecule has 1 fully saturated rings. The maximum atomic E-state index is 10.9. The van der Waals surface area contributed by atoms with Gasteiger partial charge in [0.15, 0.2) is 11.5 Å². The Morgan fingerprint density at radius 2 is 2.22 bits per heavy atom. The lowest BCUT2D eigenvalue weighted by Gasteiger charge is -1.98. The maximum absolute atomic E-state index is 10.9. The minimum Gasteiger partial charge on any atom is -0.466 e. The first-order chi connectivity index (χ1) is 8.78. The normalized spacial score (nSPS) is 24.3. The Labute approximate surface area is 104 Å². The van der Waals surface area contributed by atoms with Gasteiger partial charge in [-0.1, -0.05) is 6.07 Å². The quantitative estimate of drug-likeness (QED) is 0.462. The molecule has 2 aliphatic rings. The second-order valence-electron chi connectivity index (χ2n) is 4.02. The molecule has 5 heteroatoms. The van der Waals surface area contributed by atoms with E-state index >= 15 is 0 Å². The number of rotatable bonds is 3. The van der Waals surface area contributed by atoms with Crippen molar-refractivity contribution in [1.29, 1.82) is 0 Å². The number of carbonyl (C=O) groups is 1. The van der Waals surface area contributed by atoms with Gasteiger partial charge in [0.25, 0.3) is 0 Å². The van der Waals surface area contributed by atoms with Crippen molar-refractivity contribution in [3.8, 4) is 11.5 Å². The molecule has 0 spiro atoms. The van der Waals surface area contributed by atoms with E-state index in [1.54, 1.807) is 6.08 Å². The third kappa shape index (κ3) is 2.04. The summed E-state index contributed by atoms with van der Waals surface area (Å²) >= 11 is 0. The molecule has 2 atom stereocenters. The number of carbonyl (C=O) groups excluding carboxylic acids is 1. The maximum Gasteiger partial charge on any atom is 0.330 e. The SMILES string of the molecule is COC(=O)/C=C/C1OC1c1ccc2c(c1)OCO2. The lowest BCUT2D eigenvalue weighted by atomic mass is 10.1. The first kappa shape index (κ1) is 11.1. The highest BCUT2D eigenvalue weighted by Gasteiger charge is 2.38. The minimum atomic E-state index is -0.380. The van der Waals surface area contributed by atoms with Gasteiger partial charge in [0, 0.05) is 6.08 Å². The van der Waals surface area contributed by atoms with Crippen molar-refractivity contribution in [3.63, 3.8) is 0 Å². The van der Waals surface area contributed by atoms with Gasteiger partial charge in [0.1, 0.15) is 12.2 Å². The average Bonchev–Trinajstić information content (AvgIpc) is 3.03. The molecule has 5 nitrogen and oxygen atoms in total. The van der Waals surface area contributed by atoms with Crippen LogP contribution in [-0.4, -0.2) is 26.0 Å². The zero-order chi connectivity index (χ0) is 12.5. The molecular weight excluding hydrogens is 236 g/mol. The van der Waals surface area contributed by atoms with E-state index in [0.717, 1.165) is 17.1 Å².